The molecule has 0 unspecified atom stereocenters. The molecule has 0 radical (unpaired) electrons. The third-order valence-corrected chi connectivity index (χ3v) is 3.29. The van der Waals surface area contributed by atoms with Gasteiger partial charge in [0.1, 0.15) is 5.82 Å². The summed E-state index contributed by atoms with van der Waals surface area (Å²) in [4.78, 5) is 0. The van der Waals surface area contributed by atoms with Gasteiger partial charge in [-0.3, -0.25) is 0 Å². The number of halogens is 2. The van der Waals surface area contributed by atoms with Gasteiger partial charge in [0, 0.05) is 23.3 Å². The van der Waals surface area contributed by atoms with E-state index in [0.29, 0.717) is 25.5 Å². The fourth-order valence-electron chi connectivity index (χ4n) is 1.99. The molecular weight excluding hydrogens is 255 g/mol. The van der Waals surface area contributed by atoms with Crippen LogP contribution >= 0.6 is 11.6 Å². The van der Waals surface area contributed by atoms with Crippen molar-refractivity contribution in [3.63, 3.8) is 0 Å². The Hall–Kier alpha value is -0.640. The number of alkyl halides is 1. The van der Waals surface area contributed by atoms with Gasteiger partial charge in [0.15, 0.2) is 5.79 Å². The molecular formula is C14H18ClFO2. The SMILES string of the molecule is CC1(C)COC(CCCl)(c2ccc(F)cc2)OC1. The Morgan fingerprint density at radius 3 is 2.22 bits per heavy atom. The normalized spacial score (nSPS) is 21.8. The Labute approximate surface area is 112 Å². The van der Waals surface area contributed by atoms with Crippen molar-refractivity contribution < 1.29 is 13.9 Å². The average Bonchev–Trinajstić information content (AvgIpc) is 2.34. The van der Waals surface area contributed by atoms with E-state index in [9.17, 15) is 4.39 Å². The third-order valence-electron chi connectivity index (χ3n) is 3.10. The van der Waals surface area contributed by atoms with Gasteiger partial charge in [0.2, 0.25) is 0 Å². The van der Waals surface area contributed by atoms with Gasteiger partial charge in [0.05, 0.1) is 13.2 Å². The summed E-state index contributed by atoms with van der Waals surface area (Å²) in [6.45, 7) is 5.37. The number of hydrogen-bond acceptors (Lipinski definition) is 2. The minimum absolute atomic E-state index is 0.00412. The van der Waals surface area contributed by atoms with E-state index in [2.05, 4.69) is 13.8 Å². The molecule has 1 aliphatic rings. The molecule has 1 aliphatic heterocycles. The second-order valence-corrected chi connectivity index (χ2v) is 5.82. The Morgan fingerprint density at radius 1 is 1.17 bits per heavy atom. The zero-order valence-corrected chi connectivity index (χ0v) is 11.5. The molecule has 100 valence electrons. The summed E-state index contributed by atoms with van der Waals surface area (Å²) in [6, 6.07) is 6.22. The summed E-state index contributed by atoms with van der Waals surface area (Å²) in [6.07, 6.45) is 0.552. The first kappa shape index (κ1) is 13.8. The molecule has 1 heterocycles. The van der Waals surface area contributed by atoms with Gasteiger partial charge in [-0.15, -0.1) is 11.6 Å². The van der Waals surface area contributed by atoms with E-state index in [4.69, 9.17) is 21.1 Å². The van der Waals surface area contributed by atoms with Gasteiger partial charge in [-0.2, -0.15) is 0 Å². The van der Waals surface area contributed by atoms with Crippen LogP contribution in [0.15, 0.2) is 24.3 Å². The van der Waals surface area contributed by atoms with Crippen molar-refractivity contribution in [3.05, 3.63) is 35.6 Å². The van der Waals surface area contributed by atoms with Crippen molar-refractivity contribution >= 4 is 11.6 Å². The fraction of sp³-hybridized carbons (Fsp3) is 0.571. The predicted octanol–water partition coefficient (Wildman–Crippen LogP) is 3.68. The number of ether oxygens (including phenoxy) is 2. The van der Waals surface area contributed by atoms with Gasteiger partial charge in [-0.1, -0.05) is 26.0 Å². The van der Waals surface area contributed by atoms with Crippen LogP contribution in [-0.2, 0) is 15.3 Å². The van der Waals surface area contributed by atoms with Crippen molar-refractivity contribution in [3.8, 4) is 0 Å². The quantitative estimate of drug-likeness (QED) is 0.782. The second kappa shape index (κ2) is 5.16. The maximum absolute atomic E-state index is 13.0. The molecule has 0 saturated carbocycles. The Balaban J connectivity index is 2.25. The smallest absolute Gasteiger partial charge is 0.195 e. The van der Waals surface area contributed by atoms with E-state index in [1.54, 1.807) is 12.1 Å². The van der Waals surface area contributed by atoms with Gasteiger partial charge in [-0.25, -0.2) is 4.39 Å². The van der Waals surface area contributed by atoms with Crippen molar-refractivity contribution in [2.45, 2.75) is 26.1 Å². The highest BCUT2D eigenvalue weighted by molar-refractivity contribution is 6.17. The lowest BCUT2D eigenvalue weighted by atomic mass is 9.92. The maximum Gasteiger partial charge on any atom is 0.195 e. The second-order valence-electron chi connectivity index (χ2n) is 5.44. The highest BCUT2D eigenvalue weighted by Gasteiger charge is 2.41. The molecule has 1 saturated heterocycles. The molecule has 2 rings (SSSR count). The fourth-order valence-corrected chi connectivity index (χ4v) is 2.24. The molecule has 0 atom stereocenters. The van der Waals surface area contributed by atoms with Crippen LogP contribution in [0.2, 0.25) is 0 Å². The molecule has 0 spiro atoms. The molecule has 0 N–H and O–H groups in total. The Bertz CT molecular complexity index is 393. The number of benzene rings is 1. The van der Waals surface area contributed by atoms with Crippen molar-refractivity contribution in [2.24, 2.45) is 5.41 Å². The van der Waals surface area contributed by atoms with Gasteiger partial charge < -0.3 is 9.47 Å². The van der Waals surface area contributed by atoms with Crippen LogP contribution in [0.1, 0.15) is 25.8 Å². The van der Waals surface area contributed by atoms with Crippen LogP contribution < -0.4 is 0 Å². The van der Waals surface area contributed by atoms with E-state index < -0.39 is 5.79 Å². The molecule has 0 amide bonds. The molecule has 4 heteroatoms. The summed E-state index contributed by atoms with van der Waals surface area (Å²) in [5, 5.41) is 0. The predicted molar refractivity (Wildman–Crippen MR) is 69.1 cm³/mol. The highest BCUT2D eigenvalue weighted by Crippen LogP contribution is 2.39. The lowest BCUT2D eigenvalue weighted by molar-refractivity contribution is -0.308. The standard InChI is InChI=1S/C14H18ClFO2/c1-13(2)9-17-14(7-8-15,18-10-13)11-3-5-12(16)6-4-11/h3-6H,7-10H2,1-2H3. The van der Waals surface area contributed by atoms with Gasteiger partial charge in [0.25, 0.3) is 0 Å². The Kier molecular flexibility index (Phi) is 3.95. The van der Waals surface area contributed by atoms with E-state index >= 15 is 0 Å². The van der Waals surface area contributed by atoms with E-state index in [-0.39, 0.29) is 11.2 Å². The van der Waals surface area contributed by atoms with Gasteiger partial charge >= 0.3 is 0 Å². The van der Waals surface area contributed by atoms with Crippen LogP contribution in [-0.4, -0.2) is 19.1 Å². The molecule has 1 aromatic carbocycles. The summed E-state index contributed by atoms with van der Waals surface area (Å²) in [7, 11) is 0. The molecule has 0 bridgehead atoms. The van der Waals surface area contributed by atoms with E-state index in [1.165, 1.54) is 12.1 Å². The zero-order chi connectivity index (χ0) is 13.2. The van der Waals surface area contributed by atoms with Crippen molar-refractivity contribution in [1.29, 1.82) is 0 Å². The average molecular weight is 273 g/mol. The zero-order valence-electron chi connectivity index (χ0n) is 10.7. The highest BCUT2D eigenvalue weighted by atomic mass is 35.5. The lowest BCUT2D eigenvalue weighted by Crippen LogP contribution is -2.45. The first-order valence-corrected chi connectivity index (χ1v) is 6.61. The largest absolute Gasteiger partial charge is 0.345 e. The summed E-state index contributed by atoms with van der Waals surface area (Å²) >= 11 is 5.84. The van der Waals surface area contributed by atoms with Crippen LogP contribution in [0.3, 0.4) is 0 Å². The molecule has 2 nitrogen and oxygen atoms in total. The van der Waals surface area contributed by atoms with Crippen molar-refractivity contribution in [1.82, 2.24) is 0 Å². The maximum atomic E-state index is 13.0. The monoisotopic (exact) mass is 272 g/mol. The first-order chi connectivity index (χ1) is 8.47. The van der Waals surface area contributed by atoms with Crippen LogP contribution in [0.5, 0.6) is 0 Å². The Morgan fingerprint density at radius 2 is 1.72 bits per heavy atom. The van der Waals surface area contributed by atoms with Crippen molar-refractivity contribution in [2.75, 3.05) is 19.1 Å². The van der Waals surface area contributed by atoms with Crippen LogP contribution in [0.4, 0.5) is 4.39 Å². The topological polar surface area (TPSA) is 18.5 Å². The number of hydrogen-bond donors (Lipinski definition) is 0. The van der Waals surface area contributed by atoms with Crippen LogP contribution in [0.25, 0.3) is 0 Å². The van der Waals surface area contributed by atoms with Crippen LogP contribution in [0, 0.1) is 11.2 Å². The lowest BCUT2D eigenvalue weighted by Gasteiger charge is -2.43. The molecule has 18 heavy (non-hydrogen) atoms. The molecule has 0 aromatic heterocycles. The minimum atomic E-state index is -0.828. The summed E-state index contributed by atoms with van der Waals surface area (Å²) in [5.41, 5.74) is 0.815. The van der Waals surface area contributed by atoms with Gasteiger partial charge in [-0.05, 0) is 12.1 Å². The van der Waals surface area contributed by atoms with E-state index in [1.807, 2.05) is 0 Å². The molecule has 0 aliphatic carbocycles. The number of rotatable bonds is 3. The molecule has 1 fully saturated rings. The minimum Gasteiger partial charge on any atom is -0.345 e. The van der Waals surface area contributed by atoms with E-state index in [0.717, 1.165) is 5.56 Å². The third kappa shape index (κ3) is 2.85. The summed E-state index contributed by atoms with van der Waals surface area (Å²) in [5.74, 6) is -0.668. The molecule has 1 aromatic rings. The summed E-state index contributed by atoms with van der Waals surface area (Å²) < 4.78 is 24.8. The first-order valence-electron chi connectivity index (χ1n) is 6.07.